The van der Waals surface area contributed by atoms with Crippen molar-refractivity contribution in [3.05, 3.63) is 29.3 Å². The number of rotatable bonds is 12. The van der Waals surface area contributed by atoms with Crippen LogP contribution >= 0.6 is 0 Å². The predicted octanol–water partition coefficient (Wildman–Crippen LogP) is 1.06. The molecule has 0 aliphatic rings. The number of aliphatic hydroxyl groups excluding tert-OH is 1. The molecule has 6 N–H and O–H groups in total. The molecular weight excluding hydrogens is 402 g/mol. The summed E-state index contributed by atoms with van der Waals surface area (Å²) in [5.41, 5.74) is 7.19. The molecule has 31 heavy (non-hydrogen) atoms. The molecule has 0 spiro atoms. The van der Waals surface area contributed by atoms with Gasteiger partial charge in [0.1, 0.15) is 24.4 Å². The second-order valence-electron chi connectivity index (χ2n) is 8.46. The van der Waals surface area contributed by atoms with Gasteiger partial charge in [-0.2, -0.15) is 0 Å². The Labute approximate surface area is 183 Å². The van der Waals surface area contributed by atoms with Crippen LogP contribution in [0.5, 0.6) is 5.75 Å². The fourth-order valence-electron chi connectivity index (χ4n) is 2.71. The second kappa shape index (κ2) is 12.3. The Bertz CT molecular complexity index is 766. The third-order valence-electron chi connectivity index (χ3n) is 4.80. The third kappa shape index (κ3) is 8.55. The van der Waals surface area contributed by atoms with Crippen LogP contribution in [0.4, 0.5) is 0 Å². The molecule has 0 fully saturated rings. The molecule has 1 aromatic rings. The molecule has 0 bridgehead atoms. The van der Waals surface area contributed by atoms with Gasteiger partial charge in [0.15, 0.2) is 0 Å². The number of carboxylic acid groups (broad SMARTS) is 1. The van der Waals surface area contributed by atoms with Crippen LogP contribution in [0.1, 0.15) is 50.0 Å². The van der Waals surface area contributed by atoms with Crippen LogP contribution in [0.3, 0.4) is 0 Å². The molecule has 1 rings (SSSR count). The Morgan fingerprint density at radius 3 is 2.26 bits per heavy atom. The molecule has 0 aliphatic heterocycles. The van der Waals surface area contributed by atoms with E-state index >= 15 is 0 Å². The minimum Gasteiger partial charge on any atom is -0.491 e. The number of carbonyl (C=O) groups is 3. The molecular formula is C22H35N3O6. The number of aliphatic carboxylic acids is 1. The van der Waals surface area contributed by atoms with Crippen LogP contribution in [-0.4, -0.2) is 59.3 Å². The predicted molar refractivity (Wildman–Crippen MR) is 117 cm³/mol. The number of nitrogens with one attached hydrogen (secondary N) is 2. The van der Waals surface area contributed by atoms with E-state index in [2.05, 4.69) is 10.6 Å². The van der Waals surface area contributed by atoms with E-state index in [4.69, 9.17) is 20.7 Å². The van der Waals surface area contributed by atoms with Gasteiger partial charge < -0.3 is 31.3 Å². The SMILES string of the molecule is Cc1ccc(C(=O)N[C@@H](CC(C)C)C(=O)N[C@@H](CO)C(=O)O)c(OC[C@H](N)C(C)C)c1. The molecule has 2 amide bonds. The second-order valence-corrected chi connectivity index (χ2v) is 8.46. The molecule has 9 nitrogen and oxygen atoms in total. The molecule has 9 heteroatoms. The van der Waals surface area contributed by atoms with E-state index in [9.17, 15) is 14.4 Å². The molecule has 0 saturated carbocycles. The fraction of sp³-hybridized carbons (Fsp3) is 0.591. The summed E-state index contributed by atoms with van der Waals surface area (Å²) in [5, 5.41) is 23.1. The number of carbonyl (C=O) groups excluding carboxylic acids is 2. The van der Waals surface area contributed by atoms with Crippen molar-refractivity contribution < 1.29 is 29.3 Å². The number of hydrogen-bond donors (Lipinski definition) is 5. The zero-order valence-electron chi connectivity index (χ0n) is 18.8. The normalized spacial score (nSPS) is 14.1. The highest BCUT2D eigenvalue weighted by Gasteiger charge is 2.28. The lowest BCUT2D eigenvalue weighted by Crippen LogP contribution is -2.53. The zero-order chi connectivity index (χ0) is 23.7. The van der Waals surface area contributed by atoms with Crippen LogP contribution in [0.2, 0.25) is 0 Å². The first-order chi connectivity index (χ1) is 14.5. The van der Waals surface area contributed by atoms with Gasteiger partial charge >= 0.3 is 5.97 Å². The largest absolute Gasteiger partial charge is 0.491 e. The molecule has 0 heterocycles. The Hall–Kier alpha value is -2.65. The molecule has 0 radical (unpaired) electrons. The molecule has 3 atom stereocenters. The number of carboxylic acids is 1. The first-order valence-electron chi connectivity index (χ1n) is 10.4. The monoisotopic (exact) mass is 437 g/mol. The molecule has 0 aromatic heterocycles. The van der Waals surface area contributed by atoms with Gasteiger partial charge in [-0.1, -0.05) is 33.8 Å². The number of nitrogens with two attached hydrogens (primary N) is 1. The van der Waals surface area contributed by atoms with Gasteiger partial charge in [-0.25, -0.2) is 4.79 Å². The Morgan fingerprint density at radius 1 is 1.10 bits per heavy atom. The highest BCUT2D eigenvalue weighted by Crippen LogP contribution is 2.21. The summed E-state index contributed by atoms with van der Waals surface area (Å²) in [6.45, 7) is 9.05. The highest BCUT2D eigenvalue weighted by atomic mass is 16.5. The van der Waals surface area contributed by atoms with Crippen LogP contribution in [0.25, 0.3) is 0 Å². The average molecular weight is 438 g/mol. The lowest BCUT2D eigenvalue weighted by Gasteiger charge is -2.23. The standard InChI is InChI=1S/C22H35N3O6/c1-12(2)8-17(21(28)25-18(10-26)22(29)30)24-20(27)15-7-6-14(5)9-19(15)31-11-16(23)13(3)4/h6-7,9,12-13,16-18,26H,8,10-11,23H2,1-5H3,(H,24,27)(H,25,28)(H,29,30)/t16-,17-,18-/m0/s1. The summed E-state index contributed by atoms with van der Waals surface area (Å²) in [6.07, 6.45) is 0.287. The summed E-state index contributed by atoms with van der Waals surface area (Å²) in [5.74, 6) is -1.96. The molecule has 0 saturated heterocycles. The number of ether oxygens (including phenoxy) is 1. The van der Waals surface area contributed by atoms with E-state index in [-0.39, 0.29) is 36.5 Å². The maximum Gasteiger partial charge on any atom is 0.328 e. The van der Waals surface area contributed by atoms with Gasteiger partial charge in [0, 0.05) is 6.04 Å². The summed E-state index contributed by atoms with van der Waals surface area (Å²) < 4.78 is 5.80. The maximum atomic E-state index is 13.0. The van der Waals surface area contributed by atoms with Gasteiger partial charge in [0.05, 0.1) is 12.2 Å². The van der Waals surface area contributed by atoms with E-state index in [0.717, 1.165) is 5.56 Å². The number of amides is 2. The van der Waals surface area contributed by atoms with Crippen LogP contribution in [0.15, 0.2) is 18.2 Å². The summed E-state index contributed by atoms with van der Waals surface area (Å²) in [6, 6.07) is 2.46. The lowest BCUT2D eigenvalue weighted by atomic mass is 10.0. The average Bonchev–Trinajstić information content (AvgIpc) is 2.68. The van der Waals surface area contributed by atoms with E-state index in [1.807, 2.05) is 34.6 Å². The van der Waals surface area contributed by atoms with Crippen molar-refractivity contribution in [3.63, 3.8) is 0 Å². The molecule has 0 aliphatic carbocycles. The van der Waals surface area contributed by atoms with Gasteiger partial charge in [0.2, 0.25) is 5.91 Å². The Balaban J connectivity index is 3.04. The highest BCUT2D eigenvalue weighted by molar-refractivity contribution is 6.00. The van der Waals surface area contributed by atoms with Gasteiger partial charge in [0.25, 0.3) is 5.91 Å². The number of hydrogen-bond acceptors (Lipinski definition) is 6. The van der Waals surface area contributed by atoms with Gasteiger partial charge in [-0.3, -0.25) is 9.59 Å². The minimum atomic E-state index is -1.45. The maximum absolute atomic E-state index is 13.0. The lowest BCUT2D eigenvalue weighted by molar-refractivity contribution is -0.143. The van der Waals surface area contributed by atoms with Gasteiger partial charge in [-0.05, 0) is 42.9 Å². The van der Waals surface area contributed by atoms with Crippen molar-refractivity contribution >= 4 is 17.8 Å². The van der Waals surface area contributed by atoms with E-state index in [0.29, 0.717) is 5.75 Å². The zero-order valence-corrected chi connectivity index (χ0v) is 18.8. The summed E-state index contributed by atoms with van der Waals surface area (Å²) >= 11 is 0. The number of benzene rings is 1. The first kappa shape index (κ1) is 26.4. The first-order valence-corrected chi connectivity index (χ1v) is 10.4. The minimum absolute atomic E-state index is 0.0474. The van der Waals surface area contributed by atoms with E-state index < -0.39 is 36.5 Å². The fourth-order valence-corrected chi connectivity index (χ4v) is 2.71. The van der Waals surface area contributed by atoms with Gasteiger partial charge in [-0.15, -0.1) is 0 Å². The molecule has 1 aromatic carbocycles. The van der Waals surface area contributed by atoms with Crippen molar-refractivity contribution in [3.8, 4) is 5.75 Å². The smallest absolute Gasteiger partial charge is 0.328 e. The topological polar surface area (TPSA) is 151 Å². The van der Waals surface area contributed by atoms with Crippen molar-refractivity contribution in [1.29, 1.82) is 0 Å². The summed E-state index contributed by atoms with van der Waals surface area (Å²) in [7, 11) is 0. The Morgan fingerprint density at radius 2 is 1.74 bits per heavy atom. The Kier molecular flexibility index (Phi) is 10.4. The van der Waals surface area contributed by atoms with Crippen molar-refractivity contribution in [2.45, 2.75) is 59.2 Å². The van der Waals surface area contributed by atoms with Crippen molar-refractivity contribution in [2.75, 3.05) is 13.2 Å². The van der Waals surface area contributed by atoms with Crippen LogP contribution in [-0.2, 0) is 9.59 Å². The third-order valence-corrected chi connectivity index (χ3v) is 4.80. The van der Waals surface area contributed by atoms with E-state index in [1.54, 1.807) is 18.2 Å². The van der Waals surface area contributed by atoms with Crippen molar-refractivity contribution in [2.24, 2.45) is 17.6 Å². The van der Waals surface area contributed by atoms with Crippen LogP contribution in [0, 0.1) is 18.8 Å². The van der Waals surface area contributed by atoms with Crippen molar-refractivity contribution in [1.82, 2.24) is 10.6 Å². The quantitative estimate of drug-likeness (QED) is 0.328. The molecule has 174 valence electrons. The molecule has 0 unspecified atom stereocenters. The van der Waals surface area contributed by atoms with Crippen LogP contribution < -0.4 is 21.1 Å². The summed E-state index contributed by atoms with van der Waals surface area (Å²) in [4.78, 5) is 36.7. The van der Waals surface area contributed by atoms with E-state index in [1.165, 1.54) is 0 Å². The number of aryl methyl sites for hydroxylation is 1. The number of aliphatic hydroxyl groups is 1.